The highest BCUT2D eigenvalue weighted by Crippen LogP contribution is 2.42. The van der Waals surface area contributed by atoms with Crippen LogP contribution >= 0.6 is 0 Å². The number of methoxy groups -OCH3 is 1. The molecule has 5 heteroatoms. The fraction of sp³-hybridized carbons (Fsp3) is 0.429. The van der Waals surface area contributed by atoms with Gasteiger partial charge in [-0.1, -0.05) is 12.2 Å². The molecule has 1 aromatic heterocycles. The molecule has 1 fully saturated rings. The fourth-order valence-corrected chi connectivity index (χ4v) is 4.25. The lowest BCUT2D eigenvalue weighted by Crippen LogP contribution is -2.32. The molecule has 1 aromatic carbocycles. The molecule has 0 spiro atoms. The van der Waals surface area contributed by atoms with Gasteiger partial charge in [0.25, 0.3) is 0 Å². The zero-order valence-corrected chi connectivity index (χ0v) is 15.3. The molecule has 0 aliphatic heterocycles. The Bertz CT molecular complexity index is 822. The predicted octanol–water partition coefficient (Wildman–Crippen LogP) is 3.26. The van der Waals surface area contributed by atoms with Gasteiger partial charge in [0.1, 0.15) is 5.75 Å². The lowest BCUT2D eigenvalue weighted by Gasteiger charge is -2.18. The van der Waals surface area contributed by atoms with Crippen LogP contribution in [0.25, 0.3) is 11.3 Å². The van der Waals surface area contributed by atoms with Gasteiger partial charge in [-0.05, 0) is 61.8 Å². The molecule has 0 radical (unpaired) electrons. The molecule has 2 N–H and O–H groups in total. The van der Waals surface area contributed by atoms with Crippen LogP contribution in [0.15, 0.2) is 36.4 Å². The summed E-state index contributed by atoms with van der Waals surface area (Å²) in [5.41, 5.74) is 3.72. The van der Waals surface area contributed by atoms with Gasteiger partial charge < -0.3 is 10.1 Å². The average Bonchev–Trinajstić information content (AvgIpc) is 3.37. The minimum absolute atomic E-state index is 0.0658. The molecule has 0 saturated heterocycles. The summed E-state index contributed by atoms with van der Waals surface area (Å²) < 4.78 is 5.21. The van der Waals surface area contributed by atoms with Crippen molar-refractivity contribution in [1.82, 2.24) is 15.5 Å². The van der Waals surface area contributed by atoms with Crippen molar-refractivity contribution >= 4 is 5.91 Å². The SMILES string of the molecule is COc1ccc(-c2n[nH]c(C)c2CC(=O)NC[C@H]2C[C@H]3C=C[C@H]2C3)cc1. The quantitative estimate of drug-likeness (QED) is 0.785. The van der Waals surface area contributed by atoms with Crippen LogP contribution in [-0.4, -0.2) is 29.8 Å². The average molecular weight is 351 g/mol. The number of carbonyl (C=O) groups is 1. The molecular formula is C21H25N3O2. The van der Waals surface area contributed by atoms with Crippen LogP contribution in [0.1, 0.15) is 24.1 Å². The molecule has 2 aromatic rings. The van der Waals surface area contributed by atoms with Crippen LogP contribution in [0.2, 0.25) is 0 Å². The van der Waals surface area contributed by atoms with E-state index in [9.17, 15) is 4.79 Å². The summed E-state index contributed by atoms with van der Waals surface area (Å²) in [4.78, 5) is 12.5. The van der Waals surface area contributed by atoms with Gasteiger partial charge in [-0.3, -0.25) is 9.89 Å². The van der Waals surface area contributed by atoms with Crippen molar-refractivity contribution in [2.45, 2.75) is 26.2 Å². The Morgan fingerprint density at radius 3 is 2.73 bits per heavy atom. The van der Waals surface area contributed by atoms with Crippen LogP contribution in [0.4, 0.5) is 0 Å². The highest BCUT2D eigenvalue weighted by atomic mass is 16.5. The molecule has 0 unspecified atom stereocenters. The largest absolute Gasteiger partial charge is 0.497 e. The second-order valence-corrected chi connectivity index (χ2v) is 7.43. The lowest BCUT2D eigenvalue weighted by molar-refractivity contribution is -0.120. The van der Waals surface area contributed by atoms with Crippen molar-refractivity contribution < 1.29 is 9.53 Å². The van der Waals surface area contributed by atoms with Crippen molar-refractivity contribution in [3.05, 3.63) is 47.7 Å². The Morgan fingerprint density at radius 1 is 1.27 bits per heavy atom. The zero-order chi connectivity index (χ0) is 18.1. The van der Waals surface area contributed by atoms with Crippen molar-refractivity contribution in [1.29, 1.82) is 0 Å². The van der Waals surface area contributed by atoms with Gasteiger partial charge in [0.05, 0.1) is 19.2 Å². The molecule has 4 rings (SSSR count). The Balaban J connectivity index is 1.41. The molecule has 2 aliphatic rings. The Kier molecular flexibility index (Phi) is 4.53. The maximum absolute atomic E-state index is 12.5. The number of benzene rings is 1. The van der Waals surface area contributed by atoms with Gasteiger partial charge in [-0.25, -0.2) is 0 Å². The van der Waals surface area contributed by atoms with Crippen LogP contribution in [-0.2, 0) is 11.2 Å². The van der Waals surface area contributed by atoms with E-state index in [-0.39, 0.29) is 5.91 Å². The van der Waals surface area contributed by atoms with Gasteiger partial charge in [-0.2, -0.15) is 5.10 Å². The highest BCUT2D eigenvalue weighted by molar-refractivity contribution is 5.81. The molecule has 26 heavy (non-hydrogen) atoms. The smallest absolute Gasteiger partial charge is 0.224 e. The van der Waals surface area contributed by atoms with Crippen LogP contribution in [0, 0.1) is 24.7 Å². The normalized spacial score (nSPS) is 23.4. The lowest BCUT2D eigenvalue weighted by atomic mass is 9.93. The number of ether oxygens (including phenoxy) is 1. The summed E-state index contributed by atoms with van der Waals surface area (Å²) in [5, 5.41) is 10.6. The van der Waals surface area contributed by atoms with E-state index in [1.807, 2.05) is 31.2 Å². The maximum atomic E-state index is 12.5. The monoisotopic (exact) mass is 351 g/mol. The van der Waals surface area contributed by atoms with E-state index in [0.29, 0.717) is 18.3 Å². The summed E-state index contributed by atoms with van der Waals surface area (Å²) in [6.45, 7) is 2.74. The molecular weight excluding hydrogens is 326 g/mol. The molecule has 1 saturated carbocycles. The molecule has 136 valence electrons. The summed E-state index contributed by atoms with van der Waals surface area (Å²) in [7, 11) is 1.65. The van der Waals surface area contributed by atoms with Crippen molar-refractivity contribution in [2.75, 3.05) is 13.7 Å². The Labute approximate surface area is 153 Å². The first-order chi connectivity index (χ1) is 12.6. The number of nitrogens with zero attached hydrogens (tertiary/aromatic N) is 1. The van der Waals surface area contributed by atoms with E-state index in [4.69, 9.17) is 4.74 Å². The number of allylic oxidation sites excluding steroid dienone is 2. The van der Waals surface area contributed by atoms with Gasteiger partial charge in [-0.15, -0.1) is 0 Å². The first-order valence-corrected chi connectivity index (χ1v) is 9.27. The van der Waals surface area contributed by atoms with E-state index >= 15 is 0 Å². The number of nitrogens with one attached hydrogen (secondary N) is 2. The Hall–Kier alpha value is -2.56. The number of carbonyl (C=O) groups excluding carboxylic acids is 1. The number of hydrogen-bond donors (Lipinski definition) is 2. The number of amides is 1. The third-order valence-corrected chi connectivity index (χ3v) is 5.75. The molecule has 1 amide bonds. The number of aromatic nitrogens is 2. The van der Waals surface area contributed by atoms with Crippen LogP contribution < -0.4 is 10.1 Å². The molecule has 3 atom stereocenters. The first kappa shape index (κ1) is 16.9. The first-order valence-electron chi connectivity index (χ1n) is 9.27. The molecule has 1 heterocycles. The van der Waals surface area contributed by atoms with Gasteiger partial charge >= 0.3 is 0 Å². The number of H-pyrrole nitrogens is 1. The number of rotatable bonds is 6. The van der Waals surface area contributed by atoms with Crippen LogP contribution in [0.5, 0.6) is 5.75 Å². The highest BCUT2D eigenvalue weighted by Gasteiger charge is 2.35. The third-order valence-electron chi connectivity index (χ3n) is 5.75. The van der Waals surface area contributed by atoms with Gasteiger partial charge in [0.2, 0.25) is 5.91 Å². The van der Waals surface area contributed by atoms with Crippen molar-refractivity contribution in [3.8, 4) is 17.0 Å². The molecule has 2 aliphatic carbocycles. The van der Waals surface area contributed by atoms with Gasteiger partial charge in [0, 0.05) is 23.4 Å². The fourth-order valence-electron chi connectivity index (χ4n) is 4.25. The second-order valence-electron chi connectivity index (χ2n) is 7.43. The number of hydrogen-bond acceptors (Lipinski definition) is 3. The predicted molar refractivity (Wildman–Crippen MR) is 101 cm³/mol. The van der Waals surface area contributed by atoms with E-state index in [2.05, 4.69) is 27.7 Å². The minimum Gasteiger partial charge on any atom is -0.497 e. The van der Waals surface area contributed by atoms with Crippen molar-refractivity contribution in [3.63, 3.8) is 0 Å². The van der Waals surface area contributed by atoms with Crippen LogP contribution in [0.3, 0.4) is 0 Å². The third kappa shape index (κ3) is 3.26. The maximum Gasteiger partial charge on any atom is 0.224 e. The Morgan fingerprint density at radius 2 is 2.08 bits per heavy atom. The minimum atomic E-state index is 0.0658. The van der Waals surface area contributed by atoms with E-state index in [1.165, 1.54) is 12.8 Å². The summed E-state index contributed by atoms with van der Waals surface area (Å²) in [5.74, 6) is 2.86. The van der Waals surface area contributed by atoms with E-state index < -0.39 is 0 Å². The standard InChI is InChI=1S/C21H25N3O2/c1-13-19(21(24-23-13)15-5-7-18(26-2)8-6-15)11-20(25)22-12-17-10-14-3-4-16(17)9-14/h3-8,14,16-17H,9-12H2,1-2H3,(H,22,25)(H,23,24)/t14-,16-,17+/m0/s1. The summed E-state index contributed by atoms with van der Waals surface area (Å²) in [6.07, 6.45) is 7.48. The van der Waals surface area contributed by atoms with E-state index in [0.717, 1.165) is 40.7 Å². The summed E-state index contributed by atoms with van der Waals surface area (Å²) in [6, 6.07) is 7.76. The number of aromatic amines is 1. The summed E-state index contributed by atoms with van der Waals surface area (Å²) >= 11 is 0. The number of fused-ring (bicyclic) bond motifs is 2. The topological polar surface area (TPSA) is 67.0 Å². The second kappa shape index (κ2) is 6.98. The number of aryl methyl sites for hydroxylation is 1. The van der Waals surface area contributed by atoms with Gasteiger partial charge in [0.15, 0.2) is 0 Å². The molecule has 2 bridgehead atoms. The van der Waals surface area contributed by atoms with Crippen molar-refractivity contribution in [2.24, 2.45) is 17.8 Å². The van der Waals surface area contributed by atoms with E-state index in [1.54, 1.807) is 7.11 Å². The molecule has 5 nitrogen and oxygen atoms in total. The zero-order valence-electron chi connectivity index (χ0n) is 15.3.